The van der Waals surface area contributed by atoms with E-state index in [0.717, 1.165) is 30.5 Å². The smallest absolute Gasteiger partial charge is 0.322 e. The fraction of sp³-hybridized carbons (Fsp3) is 0.375. The van der Waals surface area contributed by atoms with Crippen molar-refractivity contribution in [2.45, 2.75) is 39.4 Å². The number of amides is 2. The molecule has 0 spiro atoms. The summed E-state index contributed by atoms with van der Waals surface area (Å²) < 4.78 is 68.9. The van der Waals surface area contributed by atoms with Crippen LogP contribution in [0.2, 0.25) is 0 Å². The van der Waals surface area contributed by atoms with Crippen molar-refractivity contribution in [3.8, 4) is 11.3 Å². The highest BCUT2D eigenvalue weighted by molar-refractivity contribution is 7.89. The first-order chi connectivity index (χ1) is 22.3. The fourth-order valence-corrected chi connectivity index (χ4v) is 6.61. The molecule has 0 atom stereocenters. The Morgan fingerprint density at radius 1 is 0.979 bits per heavy atom. The van der Waals surface area contributed by atoms with Gasteiger partial charge in [-0.2, -0.15) is 22.6 Å². The monoisotopic (exact) mass is 669 g/mol. The molecule has 2 aromatic heterocycles. The Labute approximate surface area is 269 Å². The number of benzene rings is 2. The molecule has 2 N–H and O–H groups in total. The number of aromatic nitrogens is 3. The van der Waals surface area contributed by atoms with E-state index in [2.05, 4.69) is 20.7 Å². The quantitative estimate of drug-likeness (QED) is 0.262. The highest BCUT2D eigenvalue weighted by atomic mass is 32.2. The van der Waals surface area contributed by atoms with Gasteiger partial charge < -0.3 is 10.6 Å². The first-order valence-corrected chi connectivity index (χ1v) is 16.9. The second-order valence-corrected chi connectivity index (χ2v) is 14.1. The maximum Gasteiger partial charge on any atom is 0.416 e. The summed E-state index contributed by atoms with van der Waals surface area (Å²) in [6.45, 7) is 4.86. The number of imidazole rings is 1. The van der Waals surface area contributed by atoms with Crippen molar-refractivity contribution in [1.29, 1.82) is 0 Å². The van der Waals surface area contributed by atoms with Crippen molar-refractivity contribution >= 4 is 39.0 Å². The first kappa shape index (κ1) is 32.6. The molecule has 15 heteroatoms. The number of nitrogens with zero attached hydrogens (tertiary/aromatic N) is 5. The molecule has 2 fully saturated rings. The number of carbonyl (C=O) groups is 2. The summed E-state index contributed by atoms with van der Waals surface area (Å²) in [7, 11) is -3.34. The number of carbonyl (C=O) groups excluding carboxylic acids is 2. The maximum atomic E-state index is 13.9. The van der Waals surface area contributed by atoms with Crippen LogP contribution in [0.4, 0.5) is 24.7 Å². The Bertz CT molecular complexity index is 1950. The van der Waals surface area contributed by atoms with E-state index in [9.17, 15) is 31.2 Å². The molecule has 1 saturated carbocycles. The summed E-state index contributed by atoms with van der Waals surface area (Å²) in [4.78, 5) is 31.8. The average Bonchev–Trinajstić information content (AvgIpc) is 3.81. The number of halogens is 3. The van der Waals surface area contributed by atoms with Crippen LogP contribution in [0.1, 0.15) is 46.8 Å². The number of aryl methyl sites for hydroxylation is 1. The van der Waals surface area contributed by atoms with E-state index in [1.807, 2.05) is 11.8 Å². The van der Waals surface area contributed by atoms with E-state index in [-0.39, 0.29) is 48.5 Å². The minimum absolute atomic E-state index is 0.00659. The third-order valence-electron chi connectivity index (χ3n) is 8.37. The molecule has 4 aromatic rings. The Hall–Kier alpha value is -4.34. The van der Waals surface area contributed by atoms with E-state index < -0.39 is 27.7 Å². The number of alkyl halides is 3. The number of hydrogen-bond acceptors (Lipinski definition) is 7. The summed E-state index contributed by atoms with van der Waals surface area (Å²) in [6, 6.07) is 11.9. The van der Waals surface area contributed by atoms with Gasteiger partial charge in [0, 0.05) is 55.5 Å². The lowest BCUT2D eigenvalue weighted by Gasteiger charge is -2.34. The largest absolute Gasteiger partial charge is 0.416 e. The molecule has 6 rings (SSSR count). The molecular formula is C32H34F3N7O4S. The van der Waals surface area contributed by atoms with Gasteiger partial charge in [-0.1, -0.05) is 6.07 Å². The number of rotatable bonds is 9. The third kappa shape index (κ3) is 7.47. The zero-order valence-electron chi connectivity index (χ0n) is 25.8. The van der Waals surface area contributed by atoms with Gasteiger partial charge in [0.2, 0.25) is 15.9 Å². The Kier molecular flexibility index (Phi) is 8.80. The number of anilines is 2. The topological polar surface area (TPSA) is 129 Å². The minimum Gasteiger partial charge on any atom is -0.322 e. The van der Waals surface area contributed by atoms with E-state index >= 15 is 0 Å². The molecule has 47 heavy (non-hydrogen) atoms. The lowest BCUT2D eigenvalue weighted by molar-refractivity contribution is -0.137. The van der Waals surface area contributed by atoms with Crippen LogP contribution in [0.25, 0.3) is 16.9 Å². The van der Waals surface area contributed by atoms with Crippen molar-refractivity contribution < 1.29 is 31.2 Å². The van der Waals surface area contributed by atoms with Gasteiger partial charge in [0.05, 0.1) is 23.2 Å². The van der Waals surface area contributed by atoms with E-state index in [1.54, 1.807) is 43.5 Å². The highest BCUT2D eigenvalue weighted by Gasteiger charge is 2.32. The summed E-state index contributed by atoms with van der Waals surface area (Å²) in [5, 5.41) is 10.0. The first-order valence-electron chi connectivity index (χ1n) is 15.3. The minimum atomic E-state index is -4.64. The fourth-order valence-electron chi connectivity index (χ4n) is 5.53. The predicted octanol–water partition coefficient (Wildman–Crippen LogP) is 4.79. The molecular weight excluding hydrogens is 635 g/mol. The standard InChI is InChI=1S/C32H34F3N7O4S/c1-3-47(45,46)41-12-10-40(11-13-41)18-21-14-24(32(33,34)35)17-25(15-21)36-31(44)23-5-4-20(2)26(16-23)27-8-9-29-37-28(19-42(29)39-27)38-30(43)22-6-7-22/h4-5,8-9,14-17,19,22H,3,6-7,10-13,18H2,1-2H3,(H,36,44)(H,38,43). The zero-order chi connectivity index (χ0) is 33.5. The van der Waals surface area contributed by atoms with E-state index in [1.165, 1.54) is 14.9 Å². The number of fused-ring (bicyclic) bond motifs is 1. The molecule has 2 aliphatic rings. The third-order valence-corrected chi connectivity index (χ3v) is 10.3. The highest BCUT2D eigenvalue weighted by Crippen LogP contribution is 2.33. The Balaban J connectivity index is 1.20. The average molecular weight is 670 g/mol. The maximum absolute atomic E-state index is 13.9. The molecule has 3 heterocycles. The number of nitrogens with one attached hydrogen (secondary N) is 2. The van der Waals surface area contributed by atoms with Crippen LogP contribution in [0.5, 0.6) is 0 Å². The summed E-state index contributed by atoms with van der Waals surface area (Å²) in [5.41, 5.74) is 2.20. The predicted molar refractivity (Wildman–Crippen MR) is 170 cm³/mol. The van der Waals surface area contributed by atoms with Gasteiger partial charge in [0.1, 0.15) is 0 Å². The van der Waals surface area contributed by atoms with Crippen molar-refractivity contribution in [1.82, 2.24) is 23.8 Å². The Morgan fingerprint density at radius 3 is 2.40 bits per heavy atom. The molecule has 0 radical (unpaired) electrons. The zero-order valence-corrected chi connectivity index (χ0v) is 26.7. The molecule has 1 aliphatic heterocycles. The van der Waals surface area contributed by atoms with Crippen LogP contribution in [-0.2, 0) is 27.5 Å². The van der Waals surface area contributed by atoms with Gasteiger partial charge >= 0.3 is 6.18 Å². The number of piperazine rings is 1. The van der Waals surface area contributed by atoms with E-state index in [0.29, 0.717) is 41.4 Å². The molecule has 2 aromatic carbocycles. The van der Waals surface area contributed by atoms with Crippen LogP contribution < -0.4 is 10.6 Å². The van der Waals surface area contributed by atoms with Crippen molar-refractivity contribution in [2.24, 2.45) is 5.92 Å². The van der Waals surface area contributed by atoms with Gasteiger partial charge in [-0.15, -0.1) is 0 Å². The van der Waals surface area contributed by atoms with Gasteiger partial charge in [-0.3, -0.25) is 14.5 Å². The second-order valence-electron chi connectivity index (χ2n) is 11.9. The number of sulfonamides is 1. The van der Waals surface area contributed by atoms with Gasteiger partial charge in [0.15, 0.2) is 11.5 Å². The molecule has 1 saturated heterocycles. The summed E-state index contributed by atoms with van der Waals surface area (Å²) in [6.07, 6.45) is -1.29. The van der Waals surface area contributed by atoms with Crippen LogP contribution in [0.15, 0.2) is 54.7 Å². The van der Waals surface area contributed by atoms with E-state index in [4.69, 9.17) is 0 Å². The van der Waals surface area contributed by atoms with Gasteiger partial charge in [-0.25, -0.2) is 17.9 Å². The second kappa shape index (κ2) is 12.7. The van der Waals surface area contributed by atoms with Crippen LogP contribution in [0, 0.1) is 12.8 Å². The molecule has 248 valence electrons. The van der Waals surface area contributed by atoms with Crippen LogP contribution >= 0.6 is 0 Å². The van der Waals surface area contributed by atoms with Crippen LogP contribution in [-0.4, -0.2) is 76.0 Å². The normalized spacial score (nSPS) is 16.4. The van der Waals surface area contributed by atoms with Crippen molar-refractivity contribution in [3.05, 3.63) is 77.0 Å². The SMILES string of the molecule is CCS(=O)(=O)N1CCN(Cc2cc(NC(=O)c3ccc(C)c(-c4ccc5nc(NC(=O)C6CC6)cn5n4)c3)cc(C(F)(F)F)c2)CC1. The van der Waals surface area contributed by atoms with Crippen molar-refractivity contribution in [3.63, 3.8) is 0 Å². The van der Waals surface area contributed by atoms with Crippen LogP contribution in [0.3, 0.4) is 0 Å². The molecule has 0 bridgehead atoms. The van der Waals surface area contributed by atoms with Crippen molar-refractivity contribution in [2.75, 3.05) is 42.6 Å². The molecule has 0 unspecified atom stereocenters. The summed E-state index contributed by atoms with van der Waals surface area (Å²) in [5.74, 6) is -0.256. The van der Waals surface area contributed by atoms with Gasteiger partial charge in [-0.05, 0) is 80.3 Å². The lowest BCUT2D eigenvalue weighted by Crippen LogP contribution is -2.48. The molecule has 11 nitrogen and oxygen atoms in total. The summed E-state index contributed by atoms with van der Waals surface area (Å²) >= 11 is 0. The Morgan fingerprint density at radius 2 is 1.72 bits per heavy atom. The lowest BCUT2D eigenvalue weighted by atomic mass is 10.0. The van der Waals surface area contributed by atoms with Gasteiger partial charge in [0.25, 0.3) is 5.91 Å². The number of hydrogen-bond donors (Lipinski definition) is 2. The molecule has 1 aliphatic carbocycles. The molecule has 2 amide bonds.